The van der Waals surface area contributed by atoms with Gasteiger partial charge in [0.15, 0.2) is 11.5 Å². The summed E-state index contributed by atoms with van der Waals surface area (Å²) in [5, 5.41) is 6.38. The first-order valence-corrected chi connectivity index (χ1v) is 9.36. The molecule has 0 aliphatic carbocycles. The summed E-state index contributed by atoms with van der Waals surface area (Å²) < 4.78 is 40.9. The number of benzene rings is 3. The quantitative estimate of drug-likeness (QED) is 0.613. The van der Waals surface area contributed by atoms with E-state index in [-0.39, 0.29) is 11.6 Å². The highest BCUT2D eigenvalue weighted by Gasteiger charge is 2.43. The van der Waals surface area contributed by atoms with Crippen molar-refractivity contribution in [1.82, 2.24) is 5.01 Å². The molecule has 2 aliphatic rings. The summed E-state index contributed by atoms with van der Waals surface area (Å²) in [4.78, 5) is 0. The van der Waals surface area contributed by atoms with Gasteiger partial charge >= 0.3 is 0 Å². The molecule has 0 amide bonds. The van der Waals surface area contributed by atoms with E-state index in [4.69, 9.17) is 14.6 Å². The Morgan fingerprint density at radius 1 is 0.966 bits per heavy atom. The van der Waals surface area contributed by atoms with Crippen molar-refractivity contribution >= 4 is 5.71 Å². The highest BCUT2D eigenvalue weighted by atomic mass is 19.1. The molecule has 3 aromatic carbocycles. The number of para-hydroxylation sites is 1. The second kappa shape index (κ2) is 6.88. The molecule has 3 aromatic rings. The number of fused-ring (bicyclic) bond motifs is 3. The largest absolute Gasteiger partial charge is 0.493 e. The van der Waals surface area contributed by atoms with Crippen molar-refractivity contribution in [3.05, 3.63) is 95.1 Å². The highest BCUT2D eigenvalue weighted by Crippen LogP contribution is 2.51. The number of methoxy groups -OCH3 is 1. The van der Waals surface area contributed by atoms with Gasteiger partial charge in [-0.25, -0.2) is 13.8 Å². The molecule has 2 heterocycles. The van der Waals surface area contributed by atoms with Crippen molar-refractivity contribution < 1.29 is 18.3 Å². The molecule has 2 unspecified atom stereocenters. The Morgan fingerprint density at radius 3 is 2.41 bits per heavy atom. The van der Waals surface area contributed by atoms with Crippen molar-refractivity contribution in [1.29, 1.82) is 0 Å². The van der Waals surface area contributed by atoms with Crippen molar-refractivity contribution in [2.75, 3.05) is 7.11 Å². The zero-order chi connectivity index (χ0) is 20.0. The van der Waals surface area contributed by atoms with E-state index in [1.54, 1.807) is 18.2 Å². The maximum Gasteiger partial charge on any atom is 0.219 e. The molecule has 0 aromatic heterocycles. The lowest BCUT2D eigenvalue weighted by molar-refractivity contribution is -0.0253. The summed E-state index contributed by atoms with van der Waals surface area (Å²) in [5.74, 6) is -0.323. The standard InChI is InChI=1S/C23H18F2N2O2/c1-28-20-12-5-9-15-19-13-18(14-7-3-2-4-8-14)26-27(19)23(29-22(15)20)21-16(24)10-6-11-17(21)25/h2-12,19,23H,13H2,1H3. The van der Waals surface area contributed by atoms with Crippen molar-refractivity contribution in [3.63, 3.8) is 0 Å². The minimum atomic E-state index is -1.04. The fourth-order valence-electron chi connectivity index (χ4n) is 3.99. The third-order valence-electron chi connectivity index (χ3n) is 5.35. The summed E-state index contributed by atoms with van der Waals surface area (Å²) in [7, 11) is 1.55. The summed E-state index contributed by atoms with van der Waals surface area (Å²) in [6.07, 6.45) is -0.439. The third-order valence-corrected chi connectivity index (χ3v) is 5.35. The second-order valence-corrected chi connectivity index (χ2v) is 7.00. The Labute approximate surface area is 167 Å². The minimum absolute atomic E-state index is 0.160. The van der Waals surface area contributed by atoms with Crippen LogP contribution in [0.25, 0.3) is 0 Å². The van der Waals surface area contributed by atoms with Crippen molar-refractivity contribution in [2.45, 2.75) is 18.7 Å². The Hall–Kier alpha value is -3.41. The van der Waals surface area contributed by atoms with Crippen LogP contribution in [0.1, 0.15) is 35.4 Å². The number of rotatable bonds is 3. The van der Waals surface area contributed by atoms with Gasteiger partial charge in [0.25, 0.3) is 0 Å². The summed E-state index contributed by atoms with van der Waals surface area (Å²) in [6, 6.07) is 18.9. The van der Waals surface area contributed by atoms with Crippen LogP contribution in [0.2, 0.25) is 0 Å². The van der Waals surface area contributed by atoms with Gasteiger partial charge in [-0.1, -0.05) is 48.5 Å². The Bertz CT molecular complexity index is 1080. The number of hydrazone groups is 1. The Morgan fingerprint density at radius 2 is 1.69 bits per heavy atom. The van der Waals surface area contributed by atoms with E-state index in [1.165, 1.54) is 18.2 Å². The van der Waals surface area contributed by atoms with Crippen LogP contribution in [0, 0.1) is 11.6 Å². The monoisotopic (exact) mass is 392 g/mol. The summed E-state index contributed by atoms with van der Waals surface area (Å²) >= 11 is 0. The second-order valence-electron chi connectivity index (χ2n) is 7.00. The molecule has 0 N–H and O–H groups in total. The van der Waals surface area contributed by atoms with Crippen LogP contribution in [-0.4, -0.2) is 17.8 Å². The molecular weight excluding hydrogens is 374 g/mol. The van der Waals surface area contributed by atoms with Gasteiger partial charge in [-0.2, -0.15) is 5.10 Å². The van der Waals surface area contributed by atoms with Crippen LogP contribution in [0.5, 0.6) is 11.5 Å². The summed E-state index contributed by atoms with van der Waals surface area (Å²) in [5.41, 5.74) is 2.54. The third kappa shape index (κ3) is 2.83. The lowest BCUT2D eigenvalue weighted by Crippen LogP contribution is -2.35. The molecule has 6 heteroatoms. The van der Waals surface area contributed by atoms with E-state index >= 15 is 0 Å². The van der Waals surface area contributed by atoms with Gasteiger partial charge in [0, 0.05) is 12.0 Å². The molecule has 0 saturated carbocycles. The molecule has 5 rings (SSSR count). The van der Waals surface area contributed by atoms with Crippen LogP contribution < -0.4 is 9.47 Å². The minimum Gasteiger partial charge on any atom is -0.493 e. The normalized spacial score (nSPS) is 19.8. The molecule has 0 spiro atoms. The van der Waals surface area contributed by atoms with Crippen molar-refractivity contribution in [2.24, 2.45) is 5.10 Å². The van der Waals surface area contributed by atoms with Gasteiger partial charge < -0.3 is 9.47 Å². The lowest BCUT2D eigenvalue weighted by Gasteiger charge is -2.38. The highest BCUT2D eigenvalue weighted by molar-refractivity contribution is 6.01. The van der Waals surface area contributed by atoms with E-state index in [2.05, 4.69) is 0 Å². The van der Waals surface area contributed by atoms with E-state index in [0.29, 0.717) is 17.9 Å². The molecule has 2 aliphatic heterocycles. The van der Waals surface area contributed by atoms with E-state index < -0.39 is 17.9 Å². The fraction of sp³-hybridized carbons (Fsp3) is 0.174. The van der Waals surface area contributed by atoms with Crippen LogP contribution in [0.4, 0.5) is 8.78 Å². The smallest absolute Gasteiger partial charge is 0.219 e. The first-order chi connectivity index (χ1) is 14.2. The van der Waals surface area contributed by atoms with Gasteiger partial charge in [-0.05, 0) is 23.8 Å². The van der Waals surface area contributed by atoms with Gasteiger partial charge in [-0.3, -0.25) is 0 Å². The lowest BCUT2D eigenvalue weighted by atomic mass is 9.95. The predicted molar refractivity (Wildman–Crippen MR) is 105 cm³/mol. The molecule has 0 bridgehead atoms. The van der Waals surface area contributed by atoms with Gasteiger partial charge in [0.1, 0.15) is 11.6 Å². The first-order valence-electron chi connectivity index (χ1n) is 9.36. The van der Waals surface area contributed by atoms with Gasteiger partial charge in [0.2, 0.25) is 6.23 Å². The van der Waals surface area contributed by atoms with E-state index in [9.17, 15) is 8.78 Å². The predicted octanol–water partition coefficient (Wildman–Crippen LogP) is 5.22. The van der Waals surface area contributed by atoms with E-state index in [1.807, 2.05) is 42.5 Å². The van der Waals surface area contributed by atoms with Crippen LogP contribution in [0.15, 0.2) is 71.8 Å². The maximum atomic E-state index is 14.6. The molecular formula is C23H18F2N2O2. The van der Waals surface area contributed by atoms with Crippen LogP contribution >= 0.6 is 0 Å². The summed E-state index contributed by atoms with van der Waals surface area (Å²) in [6.45, 7) is 0. The fourth-order valence-corrected chi connectivity index (χ4v) is 3.99. The molecule has 146 valence electrons. The average molecular weight is 392 g/mol. The SMILES string of the molecule is COc1cccc2c1OC(c1c(F)cccc1F)N1N=C(c3ccccc3)CC21. The topological polar surface area (TPSA) is 34.1 Å². The van der Waals surface area contributed by atoms with Gasteiger partial charge in [0.05, 0.1) is 24.4 Å². The number of halogens is 2. The number of hydrogen-bond acceptors (Lipinski definition) is 4. The van der Waals surface area contributed by atoms with E-state index in [0.717, 1.165) is 16.8 Å². The molecule has 4 nitrogen and oxygen atoms in total. The number of hydrogen-bond donors (Lipinski definition) is 0. The average Bonchev–Trinajstić information content (AvgIpc) is 3.20. The Balaban J connectivity index is 1.67. The molecule has 2 atom stereocenters. The zero-order valence-corrected chi connectivity index (χ0v) is 15.7. The zero-order valence-electron chi connectivity index (χ0n) is 15.7. The maximum absolute atomic E-state index is 14.6. The Kier molecular flexibility index (Phi) is 4.19. The van der Waals surface area contributed by atoms with Crippen molar-refractivity contribution in [3.8, 4) is 11.5 Å². The number of ether oxygens (including phenoxy) is 2. The number of nitrogens with zero attached hydrogens (tertiary/aromatic N) is 2. The molecule has 0 radical (unpaired) electrons. The first kappa shape index (κ1) is 17.7. The van der Waals surface area contributed by atoms with Crippen LogP contribution in [0.3, 0.4) is 0 Å². The molecule has 0 saturated heterocycles. The molecule has 29 heavy (non-hydrogen) atoms. The van der Waals surface area contributed by atoms with Gasteiger partial charge in [-0.15, -0.1) is 0 Å². The van der Waals surface area contributed by atoms with Crippen LogP contribution in [-0.2, 0) is 0 Å². The molecule has 0 fully saturated rings.